The van der Waals surface area contributed by atoms with Gasteiger partial charge >= 0.3 is 0 Å². The first-order valence-corrected chi connectivity index (χ1v) is 5.73. The van der Waals surface area contributed by atoms with Gasteiger partial charge in [-0.3, -0.25) is 25.5 Å². The van der Waals surface area contributed by atoms with Crippen LogP contribution in [-0.4, -0.2) is 30.3 Å². The molecule has 5 N–H and O–H groups in total. The summed E-state index contributed by atoms with van der Waals surface area (Å²) in [5, 5.41) is 15.6. The minimum atomic E-state index is -0.610. The predicted molar refractivity (Wildman–Crippen MR) is 71.9 cm³/mol. The lowest BCUT2D eigenvalue weighted by molar-refractivity contribution is -0.384. The molecule has 0 aliphatic rings. The maximum Gasteiger partial charge on any atom is 0.270 e. The Morgan fingerprint density at radius 3 is 2.65 bits per heavy atom. The van der Waals surface area contributed by atoms with E-state index >= 15 is 0 Å². The molecular formula is C11H15N5O4. The summed E-state index contributed by atoms with van der Waals surface area (Å²) in [6, 6.07) is 3.69. The number of hydrazine groups is 1. The van der Waals surface area contributed by atoms with Gasteiger partial charge in [0.1, 0.15) is 0 Å². The number of non-ortho nitro benzene ring substituents is 1. The molecule has 0 bridgehead atoms. The zero-order valence-electron chi connectivity index (χ0n) is 10.8. The van der Waals surface area contributed by atoms with Gasteiger partial charge in [0, 0.05) is 32.1 Å². The molecule has 0 fully saturated rings. The van der Waals surface area contributed by atoms with Crippen LogP contribution in [0.25, 0.3) is 0 Å². The van der Waals surface area contributed by atoms with E-state index in [2.05, 4.69) is 16.1 Å². The van der Waals surface area contributed by atoms with Gasteiger partial charge in [-0.2, -0.15) is 0 Å². The topological polar surface area (TPSA) is 139 Å². The van der Waals surface area contributed by atoms with E-state index in [1.54, 1.807) is 0 Å². The van der Waals surface area contributed by atoms with Crippen LogP contribution >= 0.6 is 0 Å². The van der Waals surface area contributed by atoms with Crippen molar-refractivity contribution in [3.05, 3.63) is 33.9 Å². The minimum Gasteiger partial charge on any atom is -0.359 e. The van der Waals surface area contributed by atoms with Gasteiger partial charge < -0.3 is 16.1 Å². The first kappa shape index (κ1) is 15.4. The molecule has 0 saturated carbocycles. The molecule has 0 atom stereocenters. The summed E-state index contributed by atoms with van der Waals surface area (Å²) in [6.45, 7) is 0.116. The Labute approximate surface area is 114 Å². The molecule has 0 heterocycles. The van der Waals surface area contributed by atoms with Crippen molar-refractivity contribution in [2.45, 2.75) is 6.42 Å². The van der Waals surface area contributed by atoms with Crippen molar-refractivity contribution in [2.24, 2.45) is 5.84 Å². The van der Waals surface area contributed by atoms with Crippen LogP contribution in [-0.2, 0) is 4.79 Å². The van der Waals surface area contributed by atoms with Gasteiger partial charge in [-0.05, 0) is 6.07 Å². The van der Waals surface area contributed by atoms with Crippen molar-refractivity contribution >= 4 is 23.2 Å². The van der Waals surface area contributed by atoms with Crippen LogP contribution in [0.3, 0.4) is 0 Å². The normalized spacial score (nSPS) is 9.70. The smallest absolute Gasteiger partial charge is 0.270 e. The number of carbonyl (C=O) groups is 2. The van der Waals surface area contributed by atoms with E-state index in [9.17, 15) is 19.7 Å². The van der Waals surface area contributed by atoms with Gasteiger partial charge in [0.15, 0.2) is 0 Å². The van der Waals surface area contributed by atoms with Crippen LogP contribution in [0.5, 0.6) is 0 Å². The molecule has 0 radical (unpaired) electrons. The third-order valence-electron chi connectivity index (χ3n) is 2.53. The molecule has 108 valence electrons. The van der Waals surface area contributed by atoms with E-state index in [1.165, 1.54) is 19.2 Å². The average molecular weight is 281 g/mol. The fourth-order valence-electron chi connectivity index (χ4n) is 1.47. The van der Waals surface area contributed by atoms with Crippen molar-refractivity contribution in [3.63, 3.8) is 0 Å². The fraction of sp³-hybridized carbons (Fsp3) is 0.273. The van der Waals surface area contributed by atoms with Crippen LogP contribution in [0.1, 0.15) is 16.8 Å². The Bertz CT molecular complexity index is 532. The van der Waals surface area contributed by atoms with Gasteiger partial charge in [0.25, 0.3) is 11.6 Å². The molecular weight excluding hydrogens is 266 g/mol. The highest BCUT2D eigenvalue weighted by molar-refractivity contribution is 6.00. The van der Waals surface area contributed by atoms with Crippen molar-refractivity contribution in [2.75, 3.05) is 19.0 Å². The summed E-state index contributed by atoms with van der Waals surface area (Å²) in [5.74, 6) is 4.48. The number of carbonyl (C=O) groups excluding carboxylic acids is 2. The number of amides is 2. The number of nitrogen functional groups attached to an aromatic ring is 1. The third kappa shape index (κ3) is 3.92. The van der Waals surface area contributed by atoms with Crippen molar-refractivity contribution in [1.82, 2.24) is 10.6 Å². The summed E-state index contributed by atoms with van der Waals surface area (Å²) >= 11 is 0. The SMILES string of the molecule is CNC(=O)CCNC(=O)c1cc([N+](=O)[O-])ccc1NN. The van der Waals surface area contributed by atoms with Gasteiger partial charge in [-0.25, -0.2) is 0 Å². The maximum absolute atomic E-state index is 11.9. The van der Waals surface area contributed by atoms with Gasteiger partial charge in [-0.15, -0.1) is 0 Å². The van der Waals surface area contributed by atoms with E-state index in [0.29, 0.717) is 0 Å². The third-order valence-corrected chi connectivity index (χ3v) is 2.53. The van der Waals surface area contributed by atoms with Crippen molar-refractivity contribution < 1.29 is 14.5 Å². The number of nitro benzene ring substituents is 1. The highest BCUT2D eigenvalue weighted by Gasteiger charge is 2.16. The zero-order valence-corrected chi connectivity index (χ0v) is 10.8. The van der Waals surface area contributed by atoms with Gasteiger partial charge in [0.05, 0.1) is 16.2 Å². The number of hydrogen-bond donors (Lipinski definition) is 4. The molecule has 2 amide bonds. The van der Waals surface area contributed by atoms with Crippen LogP contribution in [0.15, 0.2) is 18.2 Å². The number of rotatable bonds is 6. The van der Waals surface area contributed by atoms with Gasteiger partial charge in [-0.1, -0.05) is 0 Å². The van der Waals surface area contributed by atoms with E-state index in [4.69, 9.17) is 5.84 Å². The van der Waals surface area contributed by atoms with E-state index in [-0.39, 0.29) is 35.8 Å². The Kier molecular flexibility index (Phi) is 5.42. The van der Waals surface area contributed by atoms with Crippen molar-refractivity contribution in [1.29, 1.82) is 0 Å². The molecule has 9 heteroatoms. The number of nitrogens with two attached hydrogens (primary N) is 1. The van der Waals surface area contributed by atoms with Crippen molar-refractivity contribution in [3.8, 4) is 0 Å². The maximum atomic E-state index is 11.9. The quantitative estimate of drug-likeness (QED) is 0.322. The fourth-order valence-corrected chi connectivity index (χ4v) is 1.47. The molecule has 9 nitrogen and oxygen atoms in total. The second-order valence-electron chi connectivity index (χ2n) is 3.81. The first-order valence-electron chi connectivity index (χ1n) is 5.73. The van der Waals surface area contributed by atoms with Gasteiger partial charge in [0.2, 0.25) is 5.91 Å². The minimum absolute atomic E-state index is 0.0404. The van der Waals surface area contributed by atoms with Crippen LogP contribution in [0.2, 0.25) is 0 Å². The molecule has 0 unspecified atom stereocenters. The molecule has 1 rings (SSSR count). The molecule has 0 aliphatic carbocycles. The summed E-state index contributed by atoms with van der Waals surface area (Å²) in [6.07, 6.45) is 0.114. The standard InChI is InChI=1S/C11H15N5O4/c1-13-10(17)4-5-14-11(18)8-6-7(16(19)20)2-3-9(8)15-12/h2-3,6,15H,4-5,12H2,1H3,(H,13,17)(H,14,18). The molecule has 0 aliphatic heterocycles. The average Bonchev–Trinajstić information content (AvgIpc) is 2.45. The monoisotopic (exact) mass is 281 g/mol. The second-order valence-corrected chi connectivity index (χ2v) is 3.81. The second kappa shape index (κ2) is 7.04. The molecule has 1 aromatic rings. The summed E-state index contributed by atoms with van der Waals surface area (Å²) < 4.78 is 0. The number of nitrogens with one attached hydrogen (secondary N) is 3. The number of anilines is 1. The van der Waals surface area contributed by atoms with E-state index in [1.807, 2.05) is 0 Å². The van der Waals surface area contributed by atoms with E-state index < -0.39 is 10.8 Å². The lowest BCUT2D eigenvalue weighted by Gasteiger charge is -2.09. The Hall–Kier alpha value is -2.68. The highest BCUT2D eigenvalue weighted by atomic mass is 16.6. The number of benzene rings is 1. The van der Waals surface area contributed by atoms with Crippen LogP contribution < -0.4 is 21.9 Å². The molecule has 0 aromatic heterocycles. The Morgan fingerprint density at radius 1 is 1.40 bits per heavy atom. The molecule has 20 heavy (non-hydrogen) atoms. The molecule has 1 aromatic carbocycles. The highest BCUT2D eigenvalue weighted by Crippen LogP contribution is 2.21. The van der Waals surface area contributed by atoms with Crippen LogP contribution in [0.4, 0.5) is 11.4 Å². The summed E-state index contributed by atoms with van der Waals surface area (Å²) in [4.78, 5) is 33.0. The predicted octanol–water partition coefficient (Wildman–Crippen LogP) is -0.254. The lowest BCUT2D eigenvalue weighted by Crippen LogP contribution is -2.30. The number of nitro groups is 1. The lowest BCUT2D eigenvalue weighted by atomic mass is 10.1. The first-order chi connectivity index (χ1) is 9.49. The largest absolute Gasteiger partial charge is 0.359 e. The molecule has 0 saturated heterocycles. The summed E-state index contributed by atoms with van der Waals surface area (Å²) in [7, 11) is 1.49. The number of hydrogen-bond acceptors (Lipinski definition) is 6. The van der Waals surface area contributed by atoms with E-state index in [0.717, 1.165) is 6.07 Å². The zero-order chi connectivity index (χ0) is 15.1. The van der Waals surface area contributed by atoms with Crippen LogP contribution in [0, 0.1) is 10.1 Å². The number of nitrogens with zero attached hydrogens (tertiary/aromatic N) is 1. The summed E-state index contributed by atoms with van der Waals surface area (Å²) in [5.41, 5.74) is 2.37. The molecule has 0 spiro atoms. The Morgan fingerprint density at radius 2 is 2.10 bits per heavy atom. The Balaban J connectivity index is 2.82.